The van der Waals surface area contributed by atoms with Gasteiger partial charge in [0.15, 0.2) is 5.17 Å². The molecule has 3 nitrogen and oxygen atoms in total. The van der Waals surface area contributed by atoms with E-state index in [1.54, 1.807) is 22.7 Å². The zero-order chi connectivity index (χ0) is 16.6. The van der Waals surface area contributed by atoms with E-state index in [-0.39, 0.29) is 5.91 Å². The minimum atomic E-state index is 0.00214. The van der Waals surface area contributed by atoms with E-state index < -0.39 is 0 Å². The Morgan fingerprint density at radius 3 is 2.54 bits per heavy atom. The molecule has 0 radical (unpaired) electrons. The summed E-state index contributed by atoms with van der Waals surface area (Å²) in [4.78, 5) is 18.8. The lowest BCUT2D eigenvalue weighted by Gasteiger charge is -2.13. The second kappa shape index (κ2) is 8.50. The lowest BCUT2D eigenvalue weighted by atomic mass is 10.2. The van der Waals surface area contributed by atoms with Gasteiger partial charge in [-0.15, -0.1) is 0 Å². The molecule has 0 aromatic heterocycles. The first-order valence-corrected chi connectivity index (χ1v) is 9.07. The molecule has 0 unspecified atom stereocenters. The van der Waals surface area contributed by atoms with E-state index in [4.69, 9.17) is 0 Å². The van der Waals surface area contributed by atoms with Gasteiger partial charge in [0.1, 0.15) is 0 Å². The maximum Gasteiger partial charge on any atom is 0.252 e. The third-order valence-corrected chi connectivity index (χ3v) is 4.75. The molecule has 2 aromatic rings. The van der Waals surface area contributed by atoms with Gasteiger partial charge in [0.05, 0.1) is 0 Å². The van der Waals surface area contributed by atoms with Crippen LogP contribution < -0.4 is 0 Å². The molecule has 0 atom stereocenters. The van der Waals surface area contributed by atoms with Gasteiger partial charge in [0, 0.05) is 24.9 Å². The maximum atomic E-state index is 12.4. The van der Waals surface area contributed by atoms with Gasteiger partial charge in [-0.05, 0) is 23.6 Å². The molecule has 0 bridgehead atoms. The average molecular weight is 336 g/mol. The van der Waals surface area contributed by atoms with E-state index in [1.165, 1.54) is 5.56 Å². The van der Waals surface area contributed by atoms with Gasteiger partial charge < -0.3 is 0 Å². The molecule has 1 amide bonds. The molecule has 2 aromatic carbocycles. The Hall–Kier alpha value is -2.33. The average Bonchev–Trinajstić information content (AvgIpc) is 3.10. The van der Waals surface area contributed by atoms with Crippen molar-refractivity contribution in [1.29, 1.82) is 0 Å². The van der Waals surface area contributed by atoms with E-state index in [0.29, 0.717) is 6.54 Å². The fourth-order valence-electron chi connectivity index (χ4n) is 2.48. The summed E-state index contributed by atoms with van der Waals surface area (Å²) in [5.74, 6) is 0.914. The predicted molar refractivity (Wildman–Crippen MR) is 102 cm³/mol. The molecule has 1 aliphatic rings. The van der Waals surface area contributed by atoms with Crippen LogP contribution in [0.1, 0.15) is 11.1 Å². The zero-order valence-corrected chi connectivity index (χ0v) is 14.3. The van der Waals surface area contributed by atoms with Gasteiger partial charge in [-0.1, -0.05) is 72.4 Å². The summed E-state index contributed by atoms with van der Waals surface area (Å²) in [5, 5.41) is 0.841. The number of nitrogens with zero attached hydrogens (tertiary/aromatic N) is 2. The van der Waals surface area contributed by atoms with Crippen LogP contribution in [0.2, 0.25) is 0 Å². The van der Waals surface area contributed by atoms with Crippen LogP contribution in [0.5, 0.6) is 0 Å². The zero-order valence-electron chi connectivity index (χ0n) is 13.5. The monoisotopic (exact) mass is 336 g/mol. The largest absolute Gasteiger partial charge is 0.287 e. The fraction of sp³-hybridized carbons (Fsp3) is 0.200. The van der Waals surface area contributed by atoms with Crippen molar-refractivity contribution < 1.29 is 4.79 Å². The number of amidine groups is 1. The summed E-state index contributed by atoms with van der Waals surface area (Å²) in [6.45, 7) is 1.44. The predicted octanol–water partition coefficient (Wildman–Crippen LogP) is 3.87. The minimum absolute atomic E-state index is 0.00214. The van der Waals surface area contributed by atoms with Crippen molar-refractivity contribution in [3.05, 3.63) is 77.9 Å². The van der Waals surface area contributed by atoms with Crippen LogP contribution in [0.25, 0.3) is 6.08 Å². The first kappa shape index (κ1) is 16.5. The number of carbonyl (C=O) groups is 1. The first-order valence-electron chi connectivity index (χ1n) is 8.09. The molecule has 1 saturated heterocycles. The van der Waals surface area contributed by atoms with Crippen LogP contribution in [-0.2, 0) is 11.2 Å². The van der Waals surface area contributed by atoms with E-state index in [2.05, 4.69) is 17.1 Å². The molecule has 4 heteroatoms. The first-order chi connectivity index (χ1) is 11.8. The quantitative estimate of drug-likeness (QED) is 0.776. The highest BCUT2D eigenvalue weighted by molar-refractivity contribution is 8.14. The van der Waals surface area contributed by atoms with Crippen LogP contribution >= 0.6 is 11.8 Å². The van der Waals surface area contributed by atoms with Gasteiger partial charge in [-0.2, -0.15) is 0 Å². The number of thioether (sulfide) groups is 1. The van der Waals surface area contributed by atoms with Crippen molar-refractivity contribution in [2.24, 2.45) is 4.99 Å². The second-order valence-electron chi connectivity index (χ2n) is 5.48. The third-order valence-electron chi connectivity index (χ3n) is 3.75. The Labute approximate surface area is 147 Å². The molecule has 122 valence electrons. The Bertz CT molecular complexity index is 726. The maximum absolute atomic E-state index is 12.4. The van der Waals surface area contributed by atoms with Crippen LogP contribution in [0.15, 0.2) is 71.7 Å². The van der Waals surface area contributed by atoms with Crippen LogP contribution in [0, 0.1) is 0 Å². The molecule has 1 aliphatic heterocycles. The molecule has 0 aliphatic carbocycles. The van der Waals surface area contributed by atoms with Crippen LogP contribution in [-0.4, -0.2) is 34.8 Å². The Morgan fingerprint density at radius 2 is 1.79 bits per heavy atom. The summed E-state index contributed by atoms with van der Waals surface area (Å²) in [6, 6.07) is 20.2. The molecule has 0 N–H and O–H groups in total. The van der Waals surface area contributed by atoms with Crippen LogP contribution in [0.3, 0.4) is 0 Å². The molecule has 1 fully saturated rings. The van der Waals surface area contributed by atoms with Gasteiger partial charge in [-0.3, -0.25) is 14.7 Å². The fourth-order valence-corrected chi connectivity index (χ4v) is 3.46. The molecular formula is C20H20N2OS. The van der Waals surface area contributed by atoms with Crippen molar-refractivity contribution in [2.75, 3.05) is 18.8 Å². The highest BCUT2D eigenvalue weighted by Crippen LogP contribution is 2.19. The number of benzene rings is 2. The lowest BCUT2D eigenvalue weighted by molar-refractivity contribution is -0.121. The van der Waals surface area contributed by atoms with Crippen molar-refractivity contribution in [2.45, 2.75) is 6.42 Å². The van der Waals surface area contributed by atoms with Gasteiger partial charge in [0.2, 0.25) is 0 Å². The number of hydrogen-bond acceptors (Lipinski definition) is 3. The Balaban J connectivity index is 1.59. The molecular weight excluding hydrogens is 316 g/mol. The molecule has 0 spiro atoms. The highest BCUT2D eigenvalue weighted by atomic mass is 32.2. The normalized spacial score (nSPS) is 16.2. The molecule has 1 heterocycles. The van der Waals surface area contributed by atoms with E-state index in [9.17, 15) is 4.79 Å². The Morgan fingerprint density at radius 1 is 1.08 bits per heavy atom. The van der Waals surface area contributed by atoms with Crippen LogP contribution in [0.4, 0.5) is 0 Å². The second-order valence-corrected chi connectivity index (χ2v) is 6.54. The standard InChI is InChI=1S/C20H20N2OS/c23-19(12-11-17-7-3-1-4-8-17)22-15-16-24-20(22)21-14-13-18-9-5-2-6-10-18/h1-12H,13-16H2. The van der Waals surface area contributed by atoms with E-state index in [0.717, 1.165) is 29.4 Å². The smallest absolute Gasteiger partial charge is 0.252 e. The number of carbonyl (C=O) groups excluding carboxylic acids is 1. The number of rotatable bonds is 5. The molecule has 24 heavy (non-hydrogen) atoms. The summed E-state index contributed by atoms with van der Waals surface area (Å²) < 4.78 is 0. The van der Waals surface area contributed by atoms with Crippen molar-refractivity contribution in [1.82, 2.24) is 4.90 Å². The summed E-state index contributed by atoms with van der Waals surface area (Å²) >= 11 is 1.66. The topological polar surface area (TPSA) is 32.7 Å². The number of hydrogen-bond donors (Lipinski definition) is 0. The number of aliphatic imine (C=N–C) groups is 1. The number of amides is 1. The van der Waals surface area contributed by atoms with E-state index >= 15 is 0 Å². The minimum Gasteiger partial charge on any atom is -0.287 e. The van der Waals surface area contributed by atoms with E-state index in [1.807, 2.05) is 54.6 Å². The van der Waals surface area contributed by atoms with Crippen molar-refractivity contribution in [3.8, 4) is 0 Å². The highest BCUT2D eigenvalue weighted by Gasteiger charge is 2.23. The van der Waals surface area contributed by atoms with Gasteiger partial charge in [-0.25, -0.2) is 0 Å². The summed E-state index contributed by atoms with van der Waals surface area (Å²) in [5.41, 5.74) is 2.30. The van der Waals surface area contributed by atoms with Crippen molar-refractivity contribution in [3.63, 3.8) is 0 Å². The van der Waals surface area contributed by atoms with Gasteiger partial charge >= 0.3 is 0 Å². The SMILES string of the molecule is O=C(C=Cc1ccccc1)N1CCSC1=NCCc1ccccc1. The molecule has 0 saturated carbocycles. The van der Waals surface area contributed by atoms with Crippen molar-refractivity contribution >= 4 is 28.9 Å². The lowest BCUT2D eigenvalue weighted by Crippen LogP contribution is -2.30. The summed E-state index contributed by atoms with van der Waals surface area (Å²) in [7, 11) is 0. The Kier molecular flexibility index (Phi) is 5.85. The van der Waals surface area contributed by atoms with Gasteiger partial charge in [0.25, 0.3) is 5.91 Å². The molecule has 3 rings (SSSR count). The third kappa shape index (κ3) is 4.59. The summed E-state index contributed by atoms with van der Waals surface area (Å²) in [6.07, 6.45) is 4.38.